The predicted octanol–water partition coefficient (Wildman–Crippen LogP) is 3.97. The first-order chi connectivity index (χ1) is 14.3. The van der Waals surface area contributed by atoms with Gasteiger partial charge in [-0.05, 0) is 49.7 Å². The molecule has 10 heteroatoms. The van der Waals surface area contributed by atoms with Crippen LogP contribution < -0.4 is 10.6 Å². The van der Waals surface area contributed by atoms with Crippen molar-refractivity contribution in [2.24, 2.45) is 0 Å². The first kappa shape index (κ1) is 21.3. The molecule has 1 aromatic carbocycles. The molecule has 2 N–H and O–H groups in total. The number of anilines is 1. The number of nitrogens with one attached hydrogen (secondary N) is 2. The number of nitrogens with zero attached hydrogens (tertiary/aromatic N) is 3. The Morgan fingerprint density at radius 3 is 2.43 bits per heavy atom. The van der Waals surface area contributed by atoms with Gasteiger partial charge in [0.1, 0.15) is 11.6 Å². The molecule has 2 heterocycles. The molecule has 0 fully saturated rings. The smallest absolute Gasteiger partial charge is 0.370 e. The SMILES string of the molecule is Cc1c(C(=O)NCCCNc2ccc(C(F)(F)F)cn2)cnn1-c1ccc(F)cc1. The molecule has 0 radical (unpaired) electrons. The Morgan fingerprint density at radius 1 is 1.07 bits per heavy atom. The van der Waals surface area contributed by atoms with Gasteiger partial charge < -0.3 is 10.6 Å². The zero-order valence-corrected chi connectivity index (χ0v) is 16.0. The molecule has 2 aromatic heterocycles. The molecule has 3 aromatic rings. The van der Waals surface area contributed by atoms with Crippen molar-refractivity contribution in [3.63, 3.8) is 0 Å². The molecular formula is C20H19F4N5O. The van der Waals surface area contributed by atoms with Crippen LogP contribution in [0.2, 0.25) is 0 Å². The number of rotatable bonds is 7. The number of halogens is 4. The molecule has 0 aliphatic rings. The van der Waals surface area contributed by atoms with Gasteiger partial charge >= 0.3 is 6.18 Å². The van der Waals surface area contributed by atoms with Crippen LogP contribution in [0, 0.1) is 12.7 Å². The maximum atomic E-state index is 13.1. The third kappa shape index (κ3) is 5.13. The lowest BCUT2D eigenvalue weighted by atomic mass is 10.2. The quantitative estimate of drug-likeness (QED) is 0.447. The zero-order valence-electron chi connectivity index (χ0n) is 16.0. The monoisotopic (exact) mass is 421 g/mol. The second-order valence-corrected chi connectivity index (χ2v) is 6.50. The highest BCUT2D eigenvalue weighted by Crippen LogP contribution is 2.28. The lowest BCUT2D eigenvalue weighted by molar-refractivity contribution is -0.137. The van der Waals surface area contributed by atoms with Crippen LogP contribution in [0.4, 0.5) is 23.4 Å². The fourth-order valence-electron chi connectivity index (χ4n) is 2.74. The Balaban J connectivity index is 1.47. The second-order valence-electron chi connectivity index (χ2n) is 6.50. The number of carbonyl (C=O) groups is 1. The molecule has 30 heavy (non-hydrogen) atoms. The van der Waals surface area contributed by atoms with Gasteiger partial charge in [0.25, 0.3) is 5.91 Å². The molecule has 3 rings (SSSR count). The highest BCUT2D eigenvalue weighted by atomic mass is 19.4. The second kappa shape index (κ2) is 8.93. The number of pyridine rings is 1. The number of carbonyl (C=O) groups excluding carboxylic acids is 1. The van der Waals surface area contributed by atoms with Crippen molar-refractivity contribution >= 4 is 11.7 Å². The molecule has 0 atom stereocenters. The molecule has 0 saturated heterocycles. The molecule has 0 aliphatic heterocycles. The largest absolute Gasteiger partial charge is 0.417 e. The van der Waals surface area contributed by atoms with Crippen molar-refractivity contribution in [2.45, 2.75) is 19.5 Å². The van der Waals surface area contributed by atoms with Gasteiger partial charge in [-0.1, -0.05) is 0 Å². The summed E-state index contributed by atoms with van der Waals surface area (Å²) in [4.78, 5) is 16.1. The molecule has 0 saturated carbocycles. The predicted molar refractivity (Wildman–Crippen MR) is 103 cm³/mol. The molecule has 0 spiro atoms. The third-order valence-electron chi connectivity index (χ3n) is 4.36. The van der Waals surface area contributed by atoms with Gasteiger partial charge in [-0.2, -0.15) is 18.3 Å². The van der Waals surface area contributed by atoms with Crippen molar-refractivity contribution in [3.05, 3.63) is 71.4 Å². The lowest BCUT2D eigenvalue weighted by Gasteiger charge is -2.09. The van der Waals surface area contributed by atoms with Crippen molar-refractivity contribution < 1.29 is 22.4 Å². The van der Waals surface area contributed by atoms with Crippen LogP contribution in [0.3, 0.4) is 0 Å². The first-order valence-corrected chi connectivity index (χ1v) is 9.11. The number of benzene rings is 1. The Hall–Kier alpha value is -3.43. The summed E-state index contributed by atoms with van der Waals surface area (Å²) in [5.74, 6) is -0.333. The van der Waals surface area contributed by atoms with E-state index in [0.29, 0.717) is 42.3 Å². The van der Waals surface area contributed by atoms with Crippen LogP contribution in [0.5, 0.6) is 0 Å². The molecule has 1 amide bonds. The summed E-state index contributed by atoms with van der Waals surface area (Å²) in [6.45, 7) is 2.52. The summed E-state index contributed by atoms with van der Waals surface area (Å²) >= 11 is 0. The van der Waals surface area contributed by atoms with E-state index in [-0.39, 0.29) is 11.7 Å². The minimum Gasteiger partial charge on any atom is -0.370 e. The number of hydrogen-bond acceptors (Lipinski definition) is 4. The van der Waals surface area contributed by atoms with Gasteiger partial charge in [0.05, 0.1) is 28.7 Å². The maximum absolute atomic E-state index is 13.1. The third-order valence-corrected chi connectivity index (χ3v) is 4.36. The van der Waals surface area contributed by atoms with Crippen LogP contribution in [0.15, 0.2) is 48.8 Å². The van der Waals surface area contributed by atoms with E-state index in [1.54, 1.807) is 23.7 Å². The molecule has 0 aliphatic carbocycles. The van der Waals surface area contributed by atoms with Crippen LogP contribution in [-0.4, -0.2) is 33.8 Å². The van der Waals surface area contributed by atoms with Crippen LogP contribution >= 0.6 is 0 Å². The average Bonchev–Trinajstić information content (AvgIpc) is 3.09. The summed E-state index contributed by atoms with van der Waals surface area (Å²) in [6.07, 6.45) is -1.66. The van der Waals surface area contributed by atoms with Crippen molar-refractivity contribution in [1.82, 2.24) is 20.1 Å². The molecule has 158 valence electrons. The average molecular weight is 421 g/mol. The summed E-state index contributed by atoms with van der Waals surface area (Å²) in [7, 11) is 0. The van der Waals surface area contributed by atoms with E-state index in [0.717, 1.165) is 12.3 Å². The molecule has 0 unspecified atom stereocenters. The highest BCUT2D eigenvalue weighted by Gasteiger charge is 2.30. The summed E-state index contributed by atoms with van der Waals surface area (Å²) in [5.41, 5.74) is 0.848. The molecule has 6 nitrogen and oxygen atoms in total. The van der Waals surface area contributed by atoms with Gasteiger partial charge in [0.15, 0.2) is 0 Å². The molecular weight excluding hydrogens is 402 g/mol. The van der Waals surface area contributed by atoms with Crippen LogP contribution in [-0.2, 0) is 6.18 Å². The summed E-state index contributed by atoms with van der Waals surface area (Å²) in [5, 5.41) is 9.85. The molecule has 0 bridgehead atoms. The highest BCUT2D eigenvalue weighted by molar-refractivity contribution is 5.95. The fourth-order valence-corrected chi connectivity index (χ4v) is 2.74. The normalized spacial score (nSPS) is 11.4. The summed E-state index contributed by atoms with van der Waals surface area (Å²) in [6, 6.07) is 7.98. The van der Waals surface area contributed by atoms with Gasteiger partial charge in [-0.25, -0.2) is 14.1 Å². The lowest BCUT2D eigenvalue weighted by Crippen LogP contribution is -2.26. The number of hydrogen-bond donors (Lipinski definition) is 2. The van der Waals surface area contributed by atoms with Crippen molar-refractivity contribution in [3.8, 4) is 5.69 Å². The fraction of sp³-hybridized carbons (Fsp3) is 0.250. The van der Waals surface area contributed by atoms with Gasteiger partial charge in [-0.3, -0.25) is 4.79 Å². The zero-order chi connectivity index (χ0) is 21.7. The van der Waals surface area contributed by atoms with E-state index in [1.807, 2.05) is 0 Å². The topological polar surface area (TPSA) is 71.8 Å². The Labute approximate surface area is 169 Å². The van der Waals surface area contributed by atoms with Gasteiger partial charge in [-0.15, -0.1) is 0 Å². The van der Waals surface area contributed by atoms with Crippen LogP contribution in [0.25, 0.3) is 5.69 Å². The minimum absolute atomic E-state index is 0.298. The van der Waals surface area contributed by atoms with Crippen molar-refractivity contribution in [2.75, 3.05) is 18.4 Å². The maximum Gasteiger partial charge on any atom is 0.417 e. The minimum atomic E-state index is -4.42. The Bertz CT molecular complexity index is 998. The van der Waals surface area contributed by atoms with Gasteiger partial charge in [0, 0.05) is 19.3 Å². The van der Waals surface area contributed by atoms with E-state index >= 15 is 0 Å². The van der Waals surface area contributed by atoms with E-state index in [4.69, 9.17) is 0 Å². The van der Waals surface area contributed by atoms with Crippen molar-refractivity contribution in [1.29, 1.82) is 0 Å². The first-order valence-electron chi connectivity index (χ1n) is 9.11. The number of amides is 1. The summed E-state index contributed by atoms with van der Waals surface area (Å²) < 4.78 is 52.1. The van der Waals surface area contributed by atoms with E-state index < -0.39 is 11.7 Å². The van der Waals surface area contributed by atoms with E-state index in [9.17, 15) is 22.4 Å². The van der Waals surface area contributed by atoms with Gasteiger partial charge in [0.2, 0.25) is 0 Å². The van der Waals surface area contributed by atoms with Crippen LogP contribution in [0.1, 0.15) is 28.0 Å². The Morgan fingerprint density at radius 2 is 1.80 bits per heavy atom. The van der Waals surface area contributed by atoms with E-state index in [1.165, 1.54) is 24.4 Å². The van der Waals surface area contributed by atoms with E-state index in [2.05, 4.69) is 20.7 Å². The number of aromatic nitrogens is 3. The number of alkyl halides is 3. The Kier molecular flexibility index (Phi) is 6.34. The standard InChI is InChI=1S/C20H19F4N5O/c1-13-17(12-28-29(13)16-6-4-15(21)5-7-16)19(30)26-10-2-9-25-18-8-3-14(11-27-18)20(22,23)24/h3-8,11-12H,2,9-10H2,1H3,(H,25,27)(H,26,30).